The lowest BCUT2D eigenvalue weighted by Gasteiger charge is -2.44. The molecule has 2 N–H and O–H groups in total. The van der Waals surface area contributed by atoms with E-state index < -0.39 is 6.10 Å². The second-order valence-corrected chi connectivity index (χ2v) is 8.14. The average Bonchev–Trinajstić information content (AvgIpc) is 2.92. The summed E-state index contributed by atoms with van der Waals surface area (Å²) in [6.45, 7) is 2.15. The second kappa shape index (κ2) is 7.42. The van der Waals surface area contributed by atoms with Gasteiger partial charge in [0.15, 0.2) is 0 Å². The summed E-state index contributed by atoms with van der Waals surface area (Å²) in [5.74, 6) is 1.000. The Bertz CT molecular complexity index is 701. The van der Waals surface area contributed by atoms with E-state index in [1.165, 1.54) is 37.7 Å². The standard InChI is InChI=1S/C23H29NO2/c1-16(23(26)19-7-11-22(25)12-8-19)24-20-9-10-21(24)15-18(14-20)13-17-5-3-2-4-6-17/h2-8,11-12,16,18,20-21,23,25-26H,9-10,13-15H2,1H3/t16-,18?,20?,21?,23+/m0/s1. The highest BCUT2D eigenvalue weighted by Crippen LogP contribution is 2.43. The fourth-order valence-corrected chi connectivity index (χ4v) is 5.22. The molecule has 0 radical (unpaired) electrons. The average molecular weight is 351 g/mol. The lowest BCUT2D eigenvalue weighted by atomic mass is 9.84. The van der Waals surface area contributed by atoms with Crippen molar-refractivity contribution in [2.75, 3.05) is 0 Å². The van der Waals surface area contributed by atoms with Gasteiger partial charge in [0.2, 0.25) is 0 Å². The van der Waals surface area contributed by atoms with Crippen LogP contribution < -0.4 is 0 Å². The summed E-state index contributed by atoms with van der Waals surface area (Å²) in [5, 5.41) is 20.4. The first-order valence-corrected chi connectivity index (χ1v) is 9.90. The molecule has 2 heterocycles. The molecule has 0 aromatic heterocycles. The molecule has 2 fully saturated rings. The van der Waals surface area contributed by atoms with Crippen LogP contribution in [0, 0.1) is 5.92 Å². The number of aliphatic hydroxyl groups excluding tert-OH is 1. The van der Waals surface area contributed by atoms with Crippen LogP contribution in [0.4, 0.5) is 0 Å². The van der Waals surface area contributed by atoms with Gasteiger partial charge in [0.25, 0.3) is 0 Å². The predicted molar refractivity (Wildman–Crippen MR) is 104 cm³/mol. The van der Waals surface area contributed by atoms with Crippen molar-refractivity contribution in [2.45, 2.75) is 63.3 Å². The molecular weight excluding hydrogens is 322 g/mol. The number of rotatable bonds is 5. The fraction of sp³-hybridized carbons (Fsp3) is 0.478. The maximum Gasteiger partial charge on any atom is 0.115 e. The number of phenolic OH excluding ortho intramolecular Hbond substituents is 1. The number of aromatic hydroxyl groups is 1. The first-order valence-electron chi connectivity index (χ1n) is 9.90. The number of piperidine rings is 1. The Kier molecular flexibility index (Phi) is 5.01. The second-order valence-electron chi connectivity index (χ2n) is 8.14. The molecule has 2 saturated heterocycles. The molecule has 0 spiro atoms. The van der Waals surface area contributed by atoms with Crippen LogP contribution in [0.1, 0.15) is 49.8 Å². The lowest BCUT2D eigenvalue weighted by Crippen LogP contribution is -2.50. The summed E-state index contributed by atoms with van der Waals surface area (Å²) in [6, 6.07) is 19.1. The molecule has 0 aliphatic carbocycles. The van der Waals surface area contributed by atoms with Crippen molar-refractivity contribution in [3.8, 4) is 5.75 Å². The van der Waals surface area contributed by atoms with Gasteiger partial charge in [-0.3, -0.25) is 4.90 Å². The Morgan fingerprint density at radius 1 is 0.962 bits per heavy atom. The zero-order valence-electron chi connectivity index (χ0n) is 15.5. The molecule has 3 heteroatoms. The minimum absolute atomic E-state index is 0.106. The van der Waals surface area contributed by atoms with Crippen molar-refractivity contribution in [2.24, 2.45) is 5.92 Å². The Morgan fingerprint density at radius 2 is 1.58 bits per heavy atom. The van der Waals surface area contributed by atoms with E-state index in [1.807, 2.05) is 12.1 Å². The molecule has 0 saturated carbocycles. The summed E-state index contributed by atoms with van der Waals surface area (Å²) in [4.78, 5) is 2.58. The van der Waals surface area contributed by atoms with Gasteiger partial charge in [-0.1, -0.05) is 42.5 Å². The molecule has 4 atom stereocenters. The van der Waals surface area contributed by atoms with Crippen LogP contribution in [0.25, 0.3) is 0 Å². The van der Waals surface area contributed by atoms with E-state index in [-0.39, 0.29) is 11.8 Å². The van der Waals surface area contributed by atoms with Crippen LogP contribution in [0.5, 0.6) is 5.75 Å². The zero-order valence-corrected chi connectivity index (χ0v) is 15.5. The largest absolute Gasteiger partial charge is 0.508 e. The number of fused-ring (bicyclic) bond motifs is 2. The van der Waals surface area contributed by atoms with E-state index in [9.17, 15) is 10.2 Å². The highest BCUT2D eigenvalue weighted by atomic mass is 16.3. The fourth-order valence-electron chi connectivity index (χ4n) is 5.22. The Hall–Kier alpha value is -1.84. The zero-order chi connectivity index (χ0) is 18.1. The van der Waals surface area contributed by atoms with E-state index in [0.29, 0.717) is 12.1 Å². The van der Waals surface area contributed by atoms with Gasteiger partial charge < -0.3 is 10.2 Å². The minimum Gasteiger partial charge on any atom is -0.508 e. The van der Waals surface area contributed by atoms with Crippen molar-refractivity contribution in [1.29, 1.82) is 0 Å². The molecule has 2 aromatic rings. The van der Waals surface area contributed by atoms with Gasteiger partial charge in [-0.2, -0.15) is 0 Å². The van der Waals surface area contributed by atoms with Crippen LogP contribution in [0.3, 0.4) is 0 Å². The van der Waals surface area contributed by atoms with Crippen LogP contribution in [0.2, 0.25) is 0 Å². The van der Waals surface area contributed by atoms with Crippen molar-refractivity contribution in [1.82, 2.24) is 4.90 Å². The molecule has 2 aromatic carbocycles. The number of hydrogen-bond donors (Lipinski definition) is 2. The topological polar surface area (TPSA) is 43.7 Å². The van der Waals surface area contributed by atoms with Crippen molar-refractivity contribution < 1.29 is 10.2 Å². The summed E-state index contributed by atoms with van der Waals surface area (Å²) < 4.78 is 0. The number of hydrogen-bond acceptors (Lipinski definition) is 3. The van der Waals surface area contributed by atoms with Gasteiger partial charge in [0, 0.05) is 18.1 Å². The van der Waals surface area contributed by atoms with Gasteiger partial charge in [-0.05, 0) is 68.2 Å². The molecule has 0 amide bonds. The normalized spacial score (nSPS) is 28.0. The maximum absolute atomic E-state index is 10.9. The summed E-state index contributed by atoms with van der Waals surface area (Å²) in [7, 11) is 0. The molecular formula is C23H29NO2. The van der Waals surface area contributed by atoms with Gasteiger partial charge in [0.1, 0.15) is 5.75 Å². The minimum atomic E-state index is -0.510. The molecule has 138 valence electrons. The lowest BCUT2D eigenvalue weighted by molar-refractivity contribution is -0.00309. The SMILES string of the molecule is C[C@@H]([C@@H](O)c1ccc(O)cc1)N1C2CCC1CC(Cc1ccccc1)C2. The Morgan fingerprint density at radius 3 is 2.19 bits per heavy atom. The number of benzene rings is 2. The van der Waals surface area contributed by atoms with Gasteiger partial charge in [-0.15, -0.1) is 0 Å². The third kappa shape index (κ3) is 3.51. The molecule has 4 rings (SSSR count). The third-order valence-corrected chi connectivity index (χ3v) is 6.42. The highest BCUT2D eigenvalue weighted by Gasteiger charge is 2.44. The van der Waals surface area contributed by atoms with Gasteiger partial charge in [0.05, 0.1) is 6.10 Å². The molecule has 26 heavy (non-hydrogen) atoms. The smallest absolute Gasteiger partial charge is 0.115 e. The van der Waals surface area contributed by atoms with Crippen molar-refractivity contribution in [3.63, 3.8) is 0 Å². The van der Waals surface area contributed by atoms with Gasteiger partial charge in [-0.25, -0.2) is 0 Å². The third-order valence-electron chi connectivity index (χ3n) is 6.42. The van der Waals surface area contributed by atoms with E-state index in [4.69, 9.17) is 0 Å². The van der Waals surface area contributed by atoms with E-state index in [2.05, 4.69) is 42.2 Å². The Balaban J connectivity index is 1.43. The first-order chi connectivity index (χ1) is 12.6. The maximum atomic E-state index is 10.9. The van der Waals surface area contributed by atoms with Crippen LogP contribution in [-0.4, -0.2) is 33.2 Å². The number of nitrogens with zero attached hydrogens (tertiary/aromatic N) is 1. The van der Waals surface area contributed by atoms with E-state index in [0.717, 1.165) is 11.5 Å². The molecule has 2 bridgehead atoms. The highest BCUT2D eigenvalue weighted by molar-refractivity contribution is 5.28. The monoisotopic (exact) mass is 351 g/mol. The number of phenols is 1. The summed E-state index contributed by atoms with van der Waals surface area (Å²) in [5.41, 5.74) is 2.34. The van der Waals surface area contributed by atoms with Crippen LogP contribution in [0.15, 0.2) is 54.6 Å². The van der Waals surface area contributed by atoms with Crippen LogP contribution >= 0.6 is 0 Å². The predicted octanol–water partition coefficient (Wildman–Crippen LogP) is 4.30. The number of aliphatic hydroxyl groups is 1. The molecule has 2 aliphatic heterocycles. The summed E-state index contributed by atoms with van der Waals surface area (Å²) in [6.07, 6.45) is 5.64. The molecule has 2 unspecified atom stereocenters. The van der Waals surface area contributed by atoms with Crippen molar-refractivity contribution >= 4 is 0 Å². The molecule has 2 aliphatic rings. The van der Waals surface area contributed by atoms with Crippen LogP contribution in [-0.2, 0) is 6.42 Å². The summed E-state index contributed by atoms with van der Waals surface area (Å²) >= 11 is 0. The van der Waals surface area contributed by atoms with Gasteiger partial charge >= 0.3 is 0 Å². The molecule has 3 nitrogen and oxygen atoms in total. The Labute approximate surface area is 156 Å². The quantitative estimate of drug-likeness (QED) is 0.844. The van der Waals surface area contributed by atoms with Crippen molar-refractivity contribution in [3.05, 3.63) is 65.7 Å². The van der Waals surface area contributed by atoms with E-state index in [1.54, 1.807) is 12.1 Å². The van der Waals surface area contributed by atoms with E-state index >= 15 is 0 Å². The first kappa shape index (κ1) is 17.6.